The van der Waals surface area contributed by atoms with Crippen LogP contribution < -0.4 is 5.32 Å². The third-order valence-corrected chi connectivity index (χ3v) is 2.22. The van der Waals surface area contributed by atoms with Gasteiger partial charge < -0.3 is 14.6 Å². The van der Waals surface area contributed by atoms with Crippen LogP contribution in [0.5, 0.6) is 0 Å². The molecule has 0 aliphatic carbocycles. The SMILES string of the molecule is CCOC(=O)C(=N)/C=C(\NCCC(F)(F)F)c1ccon1. The average Bonchev–Trinajstić information content (AvgIpc) is 2.90. The van der Waals surface area contributed by atoms with Crippen molar-refractivity contribution in [2.45, 2.75) is 19.5 Å². The predicted octanol–water partition coefficient (Wildman–Crippen LogP) is 2.14. The van der Waals surface area contributed by atoms with Crippen molar-refractivity contribution in [3.63, 3.8) is 0 Å². The Morgan fingerprint density at radius 3 is 2.81 bits per heavy atom. The number of carbonyl (C=O) groups is 1. The lowest BCUT2D eigenvalue weighted by Gasteiger charge is -2.10. The summed E-state index contributed by atoms with van der Waals surface area (Å²) in [5.41, 5.74) is -0.244. The van der Waals surface area contributed by atoms with Gasteiger partial charge in [-0.05, 0) is 13.0 Å². The summed E-state index contributed by atoms with van der Waals surface area (Å²) in [5.74, 6) is -0.879. The maximum Gasteiger partial charge on any atom is 0.390 e. The summed E-state index contributed by atoms with van der Waals surface area (Å²) < 4.78 is 45.6. The van der Waals surface area contributed by atoms with Gasteiger partial charge in [0.15, 0.2) is 0 Å². The highest BCUT2D eigenvalue weighted by atomic mass is 19.4. The Morgan fingerprint density at radius 1 is 1.57 bits per heavy atom. The smallest absolute Gasteiger partial charge is 0.390 e. The fraction of sp³-hybridized carbons (Fsp3) is 0.417. The van der Waals surface area contributed by atoms with Crippen molar-refractivity contribution in [1.82, 2.24) is 10.5 Å². The topological polar surface area (TPSA) is 88.2 Å². The second kappa shape index (κ2) is 7.46. The standard InChI is InChI=1S/C12H14F3N3O3/c1-2-20-11(19)8(16)7-10(9-3-6-21-18-9)17-5-4-12(13,14)15/h3,6-7,16-17H,2,4-5H2,1H3/b10-7-,16-8?. The van der Waals surface area contributed by atoms with Crippen LogP contribution in [-0.2, 0) is 9.53 Å². The Morgan fingerprint density at radius 2 is 2.29 bits per heavy atom. The molecule has 9 heteroatoms. The molecule has 0 spiro atoms. The van der Waals surface area contributed by atoms with Crippen LogP contribution in [0.2, 0.25) is 0 Å². The van der Waals surface area contributed by atoms with E-state index in [-0.39, 0.29) is 18.0 Å². The third kappa shape index (κ3) is 6.11. The summed E-state index contributed by atoms with van der Waals surface area (Å²) in [4.78, 5) is 11.3. The van der Waals surface area contributed by atoms with E-state index >= 15 is 0 Å². The van der Waals surface area contributed by atoms with Crippen molar-refractivity contribution in [2.24, 2.45) is 0 Å². The lowest BCUT2D eigenvalue weighted by molar-refractivity contribution is -0.135. The first-order valence-corrected chi connectivity index (χ1v) is 6.02. The minimum atomic E-state index is -4.31. The van der Waals surface area contributed by atoms with Crippen molar-refractivity contribution in [3.8, 4) is 0 Å². The van der Waals surface area contributed by atoms with Crippen LogP contribution >= 0.6 is 0 Å². The van der Waals surface area contributed by atoms with Gasteiger partial charge in [-0.15, -0.1) is 0 Å². The number of hydrogen-bond acceptors (Lipinski definition) is 6. The van der Waals surface area contributed by atoms with Crippen molar-refractivity contribution >= 4 is 17.4 Å². The summed E-state index contributed by atoms with van der Waals surface area (Å²) in [5, 5.41) is 13.5. The first kappa shape index (κ1) is 16.7. The van der Waals surface area contributed by atoms with Crippen LogP contribution in [0.3, 0.4) is 0 Å². The fourth-order valence-electron chi connectivity index (χ4n) is 1.32. The zero-order chi connectivity index (χ0) is 15.9. The molecule has 0 fully saturated rings. The molecular formula is C12H14F3N3O3. The molecular weight excluding hydrogens is 291 g/mol. The number of rotatable bonds is 7. The van der Waals surface area contributed by atoms with Gasteiger partial charge in [0.25, 0.3) is 0 Å². The number of hydrogen-bond donors (Lipinski definition) is 2. The second-order valence-electron chi connectivity index (χ2n) is 3.87. The van der Waals surface area contributed by atoms with E-state index < -0.39 is 30.8 Å². The number of nitrogens with zero attached hydrogens (tertiary/aromatic N) is 1. The number of ether oxygens (including phenoxy) is 1. The maximum atomic E-state index is 12.1. The van der Waals surface area contributed by atoms with Crippen molar-refractivity contribution < 1.29 is 27.2 Å². The molecule has 0 atom stereocenters. The summed E-state index contributed by atoms with van der Waals surface area (Å²) in [6.07, 6.45) is -3.10. The molecule has 0 aromatic carbocycles. The van der Waals surface area contributed by atoms with Crippen LogP contribution in [-0.4, -0.2) is 36.2 Å². The minimum absolute atomic E-state index is 0.0750. The number of halogens is 3. The van der Waals surface area contributed by atoms with E-state index in [1.807, 2.05) is 0 Å². The highest BCUT2D eigenvalue weighted by Crippen LogP contribution is 2.19. The van der Waals surface area contributed by atoms with E-state index in [4.69, 9.17) is 5.41 Å². The van der Waals surface area contributed by atoms with E-state index in [0.717, 1.165) is 6.08 Å². The summed E-state index contributed by atoms with van der Waals surface area (Å²) in [6, 6.07) is 1.39. The highest BCUT2D eigenvalue weighted by Gasteiger charge is 2.26. The largest absolute Gasteiger partial charge is 0.461 e. The van der Waals surface area contributed by atoms with Gasteiger partial charge in [0.05, 0.1) is 18.7 Å². The van der Waals surface area contributed by atoms with E-state index in [0.29, 0.717) is 0 Å². The Balaban J connectivity index is 2.78. The normalized spacial score (nSPS) is 12.1. The molecule has 2 N–H and O–H groups in total. The highest BCUT2D eigenvalue weighted by molar-refractivity contribution is 6.40. The summed E-state index contributed by atoms with van der Waals surface area (Å²) in [7, 11) is 0. The molecule has 0 radical (unpaired) electrons. The zero-order valence-electron chi connectivity index (χ0n) is 11.2. The first-order valence-electron chi connectivity index (χ1n) is 6.02. The van der Waals surface area contributed by atoms with Gasteiger partial charge in [-0.3, -0.25) is 5.41 Å². The molecule has 21 heavy (non-hydrogen) atoms. The van der Waals surface area contributed by atoms with Crippen LogP contribution in [0.4, 0.5) is 13.2 Å². The molecule has 6 nitrogen and oxygen atoms in total. The third-order valence-electron chi connectivity index (χ3n) is 2.22. The molecule has 0 bridgehead atoms. The average molecular weight is 305 g/mol. The summed E-state index contributed by atoms with van der Waals surface area (Å²) in [6.45, 7) is 1.25. The van der Waals surface area contributed by atoms with Gasteiger partial charge in [-0.2, -0.15) is 13.2 Å². The van der Waals surface area contributed by atoms with Gasteiger partial charge in [0.1, 0.15) is 17.7 Å². The van der Waals surface area contributed by atoms with E-state index in [1.165, 1.54) is 12.3 Å². The fourth-order valence-corrected chi connectivity index (χ4v) is 1.32. The number of alkyl halides is 3. The molecule has 0 saturated carbocycles. The van der Waals surface area contributed by atoms with E-state index in [2.05, 4.69) is 19.7 Å². The number of aromatic nitrogens is 1. The lowest BCUT2D eigenvalue weighted by Crippen LogP contribution is -2.23. The zero-order valence-corrected chi connectivity index (χ0v) is 11.2. The van der Waals surface area contributed by atoms with E-state index in [9.17, 15) is 18.0 Å². The van der Waals surface area contributed by atoms with Crippen molar-refractivity contribution in [1.29, 1.82) is 5.41 Å². The molecule has 0 aliphatic rings. The molecule has 1 aromatic rings. The van der Waals surface area contributed by atoms with Crippen molar-refractivity contribution in [3.05, 3.63) is 24.1 Å². The van der Waals surface area contributed by atoms with Crippen LogP contribution in [0.1, 0.15) is 19.0 Å². The molecule has 0 amide bonds. The minimum Gasteiger partial charge on any atom is -0.461 e. The van der Waals surface area contributed by atoms with Crippen LogP contribution in [0.15, 0.2) is 22.9 Å². The van der Waals surface area contributed by atoms with Gasteiger partial charge in [0.2, 0.25) is 0 Å². The van der Waals surface area contributed by atoms with Crippen LogP contribution in [0, 0.1) is 5.41 Å². The first-order chi connectivity index (χ1) is 9.83. The van der Waals surface area contributed by atoms with E-state index in [1.54, 1.807) is 6.92 Å². The van der Waals surface area contributed by atoms with Crippen LogP contribution in [0.25, 0.3) is 5.70 Å². The molecule has 0 aliphatic heterocycles. The molecule has 0 unspecified atom stereocenters. The molecule has 1 aromatic heterocycles. The van der Waals surface area contributed by atoms with Gasteiger partial charge in [-0.25, -0.2) is 4.79 Å². The monoisotopic (exact) mass is 305 g/mol. The quantitative estimate of drug-likeness (QED) is 0.595. The Kier molecular flexibility index (Phi) is 5.94. The predicted molar refractivity (Wildman–Crippen MR) is 67.5 cm³/mol. The summed E-state index contributed by atoms with van der Waals surface area (Å²) >= 11 is 0. The molecule has 1 rings (SSSR count). The van der Waals surface area contributed by atoms with Gasteiger partial charge in [-0.1, -0.05) is 5.16 Å². The number of carbonyl (C=O) groups excluding carboxylic acids is 1. The number of nitrogens with one attached hydrogen (secondary N) is 2. The second-order valence-corrected chi connectivity index (χ2v) is 3.87. The van der Waals surface area contributed by atoms with Gasteiger partial charge in [0, 0.05) is 12.6 Å². The molecule has 1 heterocycles. The lowest BCUT2D eigenvalue weighted by atomic mass is 10.2. The van der Waals surface area contributed by atoms with Gasteiger partial charge >= 0.3 is 12.1 Å². The Labute approximate surface area is 118 Å². The number of esters is 1. The Hall–Kier alpha value is -2.32. The molecule has 116 valence electrons. The molecule has 0 saturated heterocycles. The van der Waals surface area contributed by atoms with Crippen molar-refractivity contribution in [2.75, 3.05) is 13.2 Å². The maximum absolute atomic E-state index is 12.1. The Bertz CT molecular complexity index is 510.